The zero-order valence-corrected chi connectivity index (χ0v) is 11.2. The fraction of sp³-hybridized carbons (Fsp3) is 0.286. The Morgan fingerprint density at radius 3 is 2.42 bits per heavy atom. The molecule has 1 heterocycles. The summed E-state index contributed by atoms with van der Waals surface area (Å²) < 4.78 is 40.3. The molecule has 0 fully saturated rings. The van der Waals surface area contributed by atoms with E-state index in [1.807, 2.05) is 16.8 Å². The van der Waals surface area contributed by atoms with Crippen LogP contribution in [0, 0.1) is 17.5 Å². The molecule has 0 saturated heterocycles. The van der Waals surface area contributed by atoms with Crippen LogP contribution in [0.4, 0.5) is 13.2 Å². The summed E-state index contributed by atoms with van der Waals surface area (Å²) in [6.45, 7) is 0. The van der Waals surface area contributed by atoms with Crippen molar-refractivity contribution in [2.24, 2.45) is 0 Å². The molecule has 5 heteroatoms. The highest BCUT2D eigenvalue weighted by Crippen LogP contribution is 2.26. The molecule has 102 valence electrons. The molecule has 1 N–H and O–H groups in total. The van der Waals surface area contributed by atoms with Gasteiger partial charge in [0.05, 0.1) is 0 Å². The standard InChI is InChI=1S/C14H14F3NS/c1-18-13(3-2-9-4-5-19-8-9)14-11(16)6-10(15)7-12(14)17/h4-8,13,18H,2-3H2,1H3. The summed E-state index contributed by atoms with van der Waals surface area (Å²) in [6.07, 6.45) is 1.26. The number of nitrogens with one attached hydrogen (secondary N) is 1. The Balaban J connectivity index is 2.17. The molecule has 1 atom stereocenters. The van der Waals surface area contributed by atoms with Gasteiger partial charge in [-0.2, -0.15) is 11.3 Å². The second-order valence-corrected chi connectivity index (χ2v) is 5.07. The Labute approximate surface area is 114 Å². The highest BCUT2D eigenvalue weighted by atomic mass is 32.1. The van der Waals surface area contributed by atoms with Crippen LogP contribution in [0.25, 0.3) is 0 Å². The summed E-state index contributed by atoms with van der Waals surface area (Å²) >= 11 is 1.58. The SMILES string of the molecule is CNC(CCc1ccsc1)c1c(F)cc(F)cc1F. The molecular weight excluding hydrogens is 271 g/mol. The maximum atomic E-state index is 13.7. The largest absolute Gasteiger partial charge is 0.313 e. The van der Waals surface area contributed by atoms with E-state index in [0.29, 0.717) is 25.0 Å². The van der Waals surface area contributed by atoms with Crippen molar-refractivity contribution in [1.29, 1.82) is 0 Å². The molecule has 1 unspecified atom stereocenters. The smallest absolute Gasteiger partial charge is 0.133 e. The van der Waals surface area contributed by atoms with E-state index in [9.17, 15) is 13.2 Å². The molecule has 0 radical (unpaired) electrons. The van der Waals surface area contributed by atoms with Crippen LogP contribution >= 0.6 is 11.3 Å². The normalized spacial score (nSPS) is 12.6. The van der Waals surface area contributed by atoms with E-state index in [2.05, 4.69) is 5.32 Å². The van der Waals surface area contributed by atoms with Gasteiger partial charge in [-0.1, -0.05) is 0 Å². The van der Waals surface area contributed by atoms with Crippen molar-refractivity contribution < 1.29 is 13.2 Å². The van der Waals surface area contributed by atoms with Crippen LogP contribution in [0.2, 0.25) is 0 Å². The third-order valence-corrected chi connectivity index (χ3v) is 3.77. The van der Waals surface area contributed by atoms with Crippen molar-refractivity contribution in [3.05, 3.63) is 57.5 Å². The summed E-state index contributed by atoms with van der Waals surface area (Å²) in [7, 11) is 1.64. The van der Waals surface area contributed by atoms with Gasteiger partial charge in [0.1, 0.15) is 17.5 Å². The highest BCUT2D eigenvalue weighted by molar-refractivity contribution is 7.07. The molecule has 0 aliphatic heterocycles. The minimum Gasteiger partial charge on any atom is -0.313 e. The Hall–Kier alpha value is -1.33. The number of rotatable bonds is 5. The summed E-state index contributed by atoms with van der Waals surface area (Å²) in [6, 6.07) is 2.94. The van der Waals surface area contributed by atoms with E-state index < -0.39 is 23.5 Å². The predicted molar refractivity (Wildman–Crippen MR) is 70.8 cm³/mol. The number of benzene rings is 1. The van der Waals surface area contributed by atoms with Crippen LogP contribution in [0.15, 0.2) is 29.0 Å². The van der Waals surface area contributed by atoms with Crippen molar-refractivity contribution in [1.82, 2.24) is 5.32 Å². The number of aryl methyl sites for hydroxylation is 1. The van der Waals surface area contributed by atoms with Gasteiger partial charge in [-0.3, -0.25) is 0 Å². The van der Waals surface area contributed by atoms with E-state index in [1.165, 1.54) is 0 Å². The number of hydrogen-bond acceptors (Lipinski definition) is 2. The minimum absolute atomic E-state index is 0.0980. The van der Waals surface area contributed by atoms with Gasteiger partial charge in [0, 0.05) is 23.7 Å². The van der Waals surface area contributed by atoms with E-state index in [4.69, 9.17) is 0 Å². The molecule has 2 aromatic rings. The minimum atomic E-state index is -0.897. The van der Waals surface area contributed by atoms with E-state index in [0.717, 1.165) is 5.56 Å². The zero-order valence-electron chi connectivity index (χ0n) is 10.4. The Morgan fingerprint density at radius 2 is 1.89 bits per heavy atom. The van der Waals surface area contributed by atoms with E-state index >= 15 is 0 Å². The quantitative estimate of drug-likeness (QED) is 0.873. The lowest BCUT2D eigenvalue weighted by Crippen LogP contribution is -2.20. The van der Waals surface area contributed by atoms with Crippen LogP contribution in [-0.4, -0.2) is 7.05 Å². The first kappa shape index (κ1) is 14.1. The van der Waals surface area contributed by atoms with Gasteiger partial charge in [-0.25, -0.2) is 13.2 Å². The van der Waals surface area contributed by atoms with Crippen molar-refractivity contribution >= 4 is 11.3 Å². The van der Waals surface area contributed by atoms with Crippen molar-refractivity contribution in [3.8, 4) is 0 Å². The fourth-order valence-electron chi connectivity index (χ4n) is 2.07. The lowest BCUT2D eigenvalue weighted by molar-refractivity contribution is 0.461. The molecule has 19 heavy (non-hydrogen) atoms. The first-order valence-electron chi connectivity index (χ1n) is 5.94. The van der Waals surface area contributed by atoms with Crippen LogP contribution < -0.4 is 5.32 Å². The summed E-state index contributed by atoms with van der Waals surface area (Å²) in [5.41, 5.74) is 1.03. The van der Waals surface area contributed by atoms with Crippen molar-refractivity contribution in [2.75, 3.05) is 7.05 Å². The maximum absolute atomic E-state index is 13.7. The average Bonchev–Trinajstić information content (AvgIpc) is 2.85. The molecule has 0 bridgehead atoms. The number of hydrogen-bond donors (Lipinski definition) is 1. The molecule has 0 amide bonds. The van der Waals surface area contributed by atoms with Crippen LogP contribution in [0.3, 0.4) is 0 Å². The number of halogens is 3. The summed E-state index contributed by atoms with van der Waals surface area (Å²) in [5, 5.41) is 6.85. The van der Waals surface area contributed by atoms with E-state index in [-0.39, 0.29) is 5.56 Å². The first-order valence-corrected chi connectivity index (χ1v) is 6.89. The maximum Gasteiger partial charge on any atom is 0.133 e. The Morgan fingerprint density at radius 1 is 1.21 bits per heavy atom. The van der Waals surface area contributed by atoms with Gasteiger partial charge >= 0.3 is 0 Å². The lowest BCUT2D eigenvalue weighted by Gasteiger charge is -2.18. The van der Waals surface area contributed by atoms with Gasteiger partial charge in [-0.05, 0) is 42.3 Å². The van der Waals surface area contributed by atoms with Crippen LogP contribution in [0.5, 0.6) is 0 Å². The molecule has 0 spiro atoms. The monoisotopic (exact) mass is 285 g/mol. The third-order valence-electron chi connectivity index (χ3n) is 3.04. The van der Waals surface area contributed by atoms with Gasteiger partial charge in [-0.15, -0.1) is 0 Å². The zero-order chi connectivity index (χ0) is 13.8. The molecule has 1 nitrogen and oxygen atoms in total. The van der Waals surface area contributed by atoms with Gasteiger partial charge in [0.2, 0.25) is 0 Å². The van der Waals surface area contributed by atoms with E-state index in [1.54, 1.807) is 18.4 Å². The van der Waals surface area contributed by atoms with Gasteiger partial charge < -0.3 is 5.32 Å². The molecule has 0 aliphatic rings. The predicted octanol–water partition coefficient (Wildman–Crippen LogP) is 4.06. The Bertz CT molecular complexity index is 517. The molecular formula is C14H14F3NS. The topological polar surface area (TPSA) is 12.0 Å². The molecule has 0 saturated carbocycles. The first-order chi connectivity index (χ1) is 9.11. The average molecular weight is 285 g/mol. The fourth-order valence-corrected chi connectivity index (χ4v) is 2.77. The summed E-state index contributed by atoms with van der Waals surface area (Å²) in [4.78, 5) is 0. The number of thiophene rings is 1. The molecule has 2 rings (SSSR count). The van der Waals surface area contributed by atoms with Gasteiger partial charge in [0.25, 0.3) is 0 Å². The molecule has 1 aromatic carbocycles. The Kier molecular flexibility index (Phi) is 4.61. The lowest BCUT2D eigenvalue weighted by atomic mass is 9.99. The second-order valence-electron chi connectivity index (χ2n) is 4.29. The van der Waals surface area contributed by atoms with Crippen molar-refractivity contribution in [3.63, 3.8) is 0 Å². The molecule has 0 aliphatic carbocycles. The van der Waals surface area contributed by atoms with Crippen molar-refractivity contribution in [2.45, 2.75) is 18.9 Å². The summed E-state index contributed by atoms with van der Waals surface area (Å²) in [5.74, 6) is -2.59. The molecule has 1 aromatic heterocycles. The van der Waals surface area contributed by atoms with Crippen LogP contribution in [0.1, 0.15) is 23.6 Å². The third kappa shape index (κ3) is 3.36. The highest BCUT2D eigenvalue weighted by Gasteiger charge is 2.20. The second kappa shape index (κ2) is 6.21. The van der Waals surface area contributed by atoms with Crippen LogP contribution in [-0.2, 0) is 6.42 Å². The van der Waals surface area contributed by atoms with Gasteiger partial charge in [0.15, 0.2) is 0 Å².